The summed E-state index contributed by atoms with van der Waals surface area (Å²) in [6, 6.07) is 0. The molecule has 0 unspecified atom stereocenters. The molecule has 1 aliphatic rings. The van der Waals surface area contributed by atoms with Gasteiger partial charge in [0.15, 0.2) is 0 Å². The Balaban J connectivity index is 1.95. The van der Waals surface area contributed by atoms with Gasteiger partial charge in [0.2, 0.25) is 0 Å². The predicted molar refractivity (Wildman–Crippen MR) is 59.6 cm³/mol. The van der Waals surface area contributed by atoms with E-state index in [0.29, 0.717) is 5.88 Å². The molecule has 0 bridgehead atoms. The van der Waals surface area contributed by atoms with Crippen molar-refractivity contribution in [3.63, 3.8) is 0 Å². The minimum absolute atomic E-state index is 0.460. The first-order valence-corrected chi connectivity index (χ1v) is 6.59. The smallest absolute Gasteiger partial charge is 0.147 e. The van der Waals surface area contributed by atoms with E-state index >= 15 is 0 Å². The van der Waals surface area contributed by atoms with Gasteiger partial charge in [0, 0.05) is 6.54 Å². The average molecular weight is 232 g/mol. The summed E-state index contributed by atoms with van der Waals surface area (Å²) in [6.07, 6.45) is 4.41. The largest absolute Gasteiger partial charge is 0.316 e. The molecule has 1 saturated heterocycles. The Morgan fingerprint density at radius 3 is 3.00 bits per heavy atom. The second-order valence-electron chi connectivity index (χ2n) is 3.59. The van der Waals surface area contributed by atoms with Gasteiger partial charge in [-0.05, 0) is 30.3 Å². The zero-order valence-corrected chi connectivity index (χ0v) is 9.60. The fraction of sp³-hybridized carbons (Fsp3) is 0.778. The van der Waals surface area contributed by atoms with Crippen LogP contribution in [0.4, 0.5) is 0 Å². The standard InChI is InChI=1S/C9H14ClN3S/c10-5-9-12-11-7-13(9)6-8-1-3-14-4-2-8/h7-8H,1-6H2. The van der Waals surface area contributed by atoms with Crippen molar-refractivity contribution in [1.29, 1.82) is 0 Å². The van der Waals surface area contributed by atoms with Crippen LogP contribution in [0.25, 0.3) is 0 Å². The van der Waals surface area contributed by atoms with Gasteiger partial charge in [-0.1, -0.05) is 0 Å². The zero-order chi connectivity index (χ0) is 9.80. The number of hydrogen-bond acceptors (Lipinski definition) is 3. The van der Waals surface area contributed by atoms with Gasteiger partial charge in [0.1, 0.15) is 12.2 Å². The molecule has 1 aromatic rings. The maximum Gasteiger partial charge on any atom is 0.147 e. The van der Waals surface area contributed by atoms with Crippen molar-refractivity contribution in [3.05, 3.63) is 12.2 Å². The van der Waals surface area contributed by atoms with E-state index in [9.17, 15) is 0 Å². The van der Waals surface area contributed by atoms with Gasteiger partial charge < -0.3 is 4.57 Å². The van der Waals surface area contributed by atoms with E-state index in [1.165, 1.54) is 24.3 Å². The summed E-state index contributed by atoms with van der Waals surface area (Å²) in [5, 5.41) is 7.86. The third-order valence-electron chi connectivity index (χ3n) is 2.61. The summed E-state index contributed by atoms with van der Waals surface area (Å²) in [5.41, 5.74) is 0. The van der Waals surface area contributed by atoms with Crippen molar-refractivity contribution in [3.8, 4) is 0 Å². The summed E-state index contributed by atoms with van der Waals surface area (Å²) in [7, 11) is 0. The van der Waals surface area contributed by atoms with E-state index in [-0.39, 0.29) is 0 Å². The number of nitrogens with zero attached hydrogens (tertiary/aromatic N) is 3. The highest BCUT2D eigenvalue weighted by molar-refractivity contribution is 7.99. The number of thioether (sulfide) groups is 1. The number of aromatic nitrogens is 3. The molecule has 0 spiro atoms. The van der Waals surface area contributed by atoms with Crippen LogP contribution in [0.15, 0.2) is 6.33 Å². The Hall–Kier alpha value is -0.220. The highest BCUT2D eigenvalue weighted by Gasteiger charge is 2.15. The van der Waals surface area contributed by atoms with Crippen molar-refractivity contribution >= 4 is 23.4 Å². The molecule has 5 heteroatoms. The van der Waals surface area contributed by atoms with Crippen LogP contribution in [-0.4, -0.2) is 26.3 Å². The number of rotatable bonds is 3. The van der Waals surface area contributed by atoms with E-state index in [0.717, 1.165) is 18.3 Å². The van der Waals surface area contributed by atoms with Gasteiger partial charge in [0.25, 0.3) is 0 Å². The second-order valence-corrected chi connectivity index (χ2v) is 5.08. The van der Waals surface area contributed by atoms with Crippen LogP contribution < -0.4 is 0 Å². The van der Waals surface area contributed by atoms with Crippen molar-refractivity contribution in [2.75, 3.05) is 11.5 Å². The Morgan fingerprint density at radius 2 is 2.29 bits per heavy atom. The van der Waals surface area contributed by atoms with E-state index in [2.05, 4.69) is 26.5 Å². The molecule has 0 N–H and O–H groups in total. The van der Waals surface area contributed by atoms with Crippen LogP contribution in [0.3, 0.4) is 0 Å². The summed E-state index contributed by atoms with van der Waals surface area (Å²) in [6.45, 7) is 1.04. The van der Waals surface area contributed by atoms with Gasteiger partial charge in [-0.2, -0.15) is 11.8 Å². The van der Waals surface area contributed by atoms with Crippen molar-refractivity contribution in [1.82, 2.24) is 14.8 Å². The molecule has 0 saturated carbocycles. The van der Waals surface area contributed by atoms with Crippen molar-refractivity contribution < 1.29 is 0 Å². The molecule has 78 valence electrons. The molecule has 0 amide bonds. The maximum atomic E-state index is 5.76. The van der Waals surface area contributed by atoms with Crippen LogP contribution in [0.1, 0.15) is 18.7 Å². The van der Waals surface area contributed by atoms with Gasteiger partial charge in [-0.25, -0.2) is 0 Å². The zero-order valence-electron chi connectivity index (χ0n) is 8.03. The minimum Gasteiger partial charge on any atom is -0.316 e. The fourth-order valence-corrected chi connectivity index (χ4v) is 3.15. The highest BCUT2D eigenvalue weighted by atomic mass is 35.5. The molecular weight excluding hydrogens is 218 g/mol. The van der Waals surface area contributed by atoms with Crippen LogP contribution in [0.2, 0.25) is 0 Å². The van der Waals surface area contributed by atoms with Gasteiger partial charge in [-0.15, -0.1) is 21.8 Å². The second kappa shape index (κ2) is 5.03. The van der Waals surface area contributed by atoms with Gasteiger partial charge in [0.05, 0.1) is 5.88 Å². The molecule has 1 aliphatic heterocycles. The van der Waals surface area contributed by atoms with Crippen molar-refractivity contribution in [2.45, 2.75) is 25.3 Å². The predicted octanol–water partition coefficient (Wildman–Crippen LogP) is 2.16. The molecule has 0 radical (unpaired) electrons. The molecule has 1 fully saturated rings. The van der Waals surface area contributed by atoms with E-state index in [4.69, 9.17) is 11.6 Å². The highest BCUT2D eigenvalue weighted by Crippen LogP contribution is 2.24. The lowest BCUT2D eigenvalue weighted by Crippen LogP contribution is -2.17. The molecule has 0 aliphatic carbocycles. The van der Waals surface area contributed by atoms with E-state index in [1.807, 2.05) is 0 Å². The molecule has 1 aromatic heterocycles. The molecule has 2 rings (SSSR count). The first-order chi connectivity index (χ1) is 6.90. The lowest BCUT2D eigenvalue weighted by molar-refractivity contribution is 0.411. The Bertz CT molecular complexity index is 283. The quantitative estimate of drug-likeness (QED) is 0.747. The molecular formula is C9H14ClN3S. The monoisotopic (exact) mass is 231 g/mol. The van der Waals surface area contributed by atoms with E-state index in [1.54, 1.807) is 6.33 Å². The molecule has 0 atom stereocenters. The summed E-state index contributed by atoms with van der Waals surface area (Å²) >= 11 is 7.82. The van der Waals surface area contributed by atoms with Crippen LogP contribution in [0.5, 0.6) is 0 Å². The maximum absolute atomic E-state index is 5.76. The normalized spacial score (nSPS) is 18.6. The first-order valence-electron chi connectivity index (χ1n) is 4.90. The molecule has 2 heterocycles. The van der Waals surface area contributed by atoms with Crippen LogP contribution in [-0.2, 0) is 12.4 Å². The summed E-state index contributed by atoms with van der Waals surface area (Å²) in [5.74, 6) is 4.73. The molecule has 3 nitrogen and oxygen atoms in total. The summed E-state index contributed by atoms with van der Waals surface area (Å²) in [4.78, 5) is 0. The third-order valence-corrected chi connectivity index (χ3v) is 3.90. The third kappa shape index (κ3) is 2.42. The van der Waals surface area contributed by atoms with E-state index < -0.39 is 0 Å². The molecule has 0 aromatic carbocycles. The van der Waals surface area contributed by atoms with Crippen molar-refractivity contribution in [2.24, 2.45) is 5.92 Å². The SMILES string of the molecule is ClCc1nncn1CC1CCSCC1. The fourth-order valence-electron chi connectivity index (χ4n) is 1.74. The number of alkyl halides is 1. The van der Waals surface area contributed by atoms with Crippen LogP contribution in [0, 0.1) is 5.92 Å². The minimum atomic E-state index is 0.460. The average Bonchev–Trinajstić information content (AvgIpc) is 2.67. The first kappa shape index (κ1) is 10.3. The molecule has 14 heavy (non-hydrogen) atoms. The summed E-state index contributed by atoms with van der Waals surface area (Å²) < 4.78 is 2.09. The Morgan fingerprint density at radius 1 is 1.50 bits per heavy atom. The lowest BCUT2D eigenvalue weighted by atomic mass is 10.0. The van der Waals surface area contributed by atoms with Gasteiger partial charge in [-0.3, -0.25) is 0 Å². The number of halogens is 1. The van der Waals surface area contributed by atoms with Crippen LogP contribution >= 0.6 is 23.4 Å². The lowest BCUT2D eigenvalue weighted by Gasteiger charge is -2.21. The Kier molecular flexibility index (Phi) is 3.70. The topological polar surface area (TPSA) is 30.7 Å². The van der Waals surface area contributed by atoms with Gasteiger partial charge >= 0.3 is 0 Å². The Labute approximate surface area is 93.2 Å². The number of hydrogen-bond donors (Lipinski definition) is 0.